The fourth-order valence-corrected chi connectivity index (χ4v) is 4.13. The minimum atomic E-state index is -1.64. The molecule has 0 amide bonds. The molecule has 0 spiro atoms. The Labute approximate surface area is 203 Å². The van der Waals surface area contributed by atoms with Gasteiger partial charge in [0.05, 0.1) is 25.4 Å². The fourth-order valence-electron chi connectivity index (χ4n) is 3.18. The lowest BCUT2D eigenvalue weighted by Crippen LogP contribution is -2.40. The third-order valence-electron chi connectivity index (χ3n) is 6.27. The Morgan fingerprint density at radius 1 is 0.879 bits per heavy atom. The summed E-state index contributed by atoms with van der Waals surface area (Å²) in [5, 5.41) is 8.81. The van der Waals surface area contributed by atoms with E-state index in [1.807, 2.05) is 13.0 Å². The molecule has 2 heterocycles. The van der Waals surface area contributed by atoms with Crippen molar-refractivity contribution in [3.05, 3.63) is 24.3 Å². The van der Waals surface area contributed by atoms with Gasteiger partial charge in [0.25, 0.3) is 0 Å². The lowest BCUT2D eigenvalue weighted by atomic mass is 10.2. The van der Waals surface area contributed by atoms with E-state index in [1.165, 1.54) is 12.8 Å². The van der Waals surface area contributed by atoms with E-state index in [2.05, 4.69) is 52.9 Å². The molecule has 0 bridgehead atoms. The third kappa shape index (κ3) is 13.8. The highest BCUT2D eigenvalue weighted by atomic mass is 28.4. The first kappa shape index (κ1) is 30.5. The van der Waals surface area contributed by atoms with Crippen molar-refractivity contribution in [1.29, 1.82) is 0 Å². The zero-order valence-electron chi connectivity index (χ0n) is 22.2. The number of aliphatic hydroxyl groups excluding tert-OH is 1. The predicted octanol–water partition coefficient (Wildman–Crippen LogP) is 5.96. The zero-order valence-corrected chi connectivity index (χ0v) is 23.2. The predicted molar refractivity (Wildman–Crippen MR) is 137 cm³/mol. The van der Waals surface area contributed by atoms with Gasteiger partial charge in [-0.25, -0.2) is 0 Å². The zero-order chi connectivity index (χ0) is 24.7. The summed E-state index contributed by atoms with van der Waals surface area (Å²) in [6.45, 7) is 17.7. The molecule has 33 heavy (non-hydrogen) atoms. The molecule has 0 aromatic rings. The van der Waals surface area contributed by atoms with E-state index >= 15 is 0 Å². The van der Waals surface area contributed by atoms with E-state index in [4.69, 9.17) is 28.5 Å². The molecule has 0 aliphatic carbocycles. The topological polar surface area (TPSA) is 66.4 Å². The SMILES string of the molecule is C[C@@H](/C=C\CO)OC1CCCCO1.C[C@@H](/C=C\CO[Si](C)(C)C(C)(C)C)OC1CCCCO1. The summed E-state index contributed by atoms with van der Waals surface area (Å²) in [5.74, 6) is 0. The van der Waals surface area contributed by atoms with E-state index in [0.717, 1.165) is 38.9 Å². The molecular weight excluding hydrogens is 436 g/mol. The Bertz CT molecular complexity index is 545. The Morgan fingerprint density at radius 3 is 1.76 bits per heavy atom. The van der Waals surface area contributed by atoms with E-state index < -0.39 is 8.32 Å². The number of ether oxygens (including phenoxy) is 4. The van der Waals surface area contributed by atoms with Crippen molar-refractivity contribution in [3.8, 4) is 0 Å². The summed E-state index contributed by atoms with van der Waals surface area (Å²) in [4.78, 5) is 0. The normalized spacial score (nSPS) is 24.5. The smallest absolute Gasteiger partial charge is 0.192 e. The second-order valence-electron chi connectivity index (χ2n) is 10.4. The van der Waals surface area contributed by atoms with Crippen LogP contribution < -0.4 is 0 Å². The van der Waals surface area contributed by atoms with Gasteiger partial charge in [-0.15, -0.1) is 0 Å². The van der Waals surface area contributed by atoms with Gasteiger partial charge >= 0.3 is 0 Å². The van der Waals surface area contributed by atoms with Crippen molar-refractivity contribution < 1.29 is 28.5 Å². The average Bonchev–Trinajstić information content (AvgIpc) is 2.76. The highest BCUT2D eigenvalue weighted by Gasteiger charge is 2.36. The number of hydrogen-bond donors (Lipinski definition) is 1. The standard InChI is InChI=1S/C16H32O3Si.C10H18O3/c1-14(19-15-11-7-8-12-17-15)10-9-13-18-20(5,6)16(2,3)4;1-9(5-4-7-11)13-10-6-2-3-8-12-10/h9-10,14-15H,7-8,11-13H2,1-6H3;4-5,9-11H,2-3,6-8H2,1H3/b10-9-;5-4-/t14-,15?;9-,10?/m00/s1. The van der Waals surface area contributed by atoms with Crippen LogP contribution >= 0.6 is 0 Å². The first-order chi connectivity index (χ1) is 15.5. The van der Waals surface area contributed by atoms with Gasteiger partial charge in [-0.2, -0.15) is 0 Å². The van der Waals surface area contributed by atoms with Gasteiger partial charge in [0, 0.05) is 13.2 Å². The van der Waals surface area contributed by atoms with Gasteiger partial charge in [-0.05, 0) is 70.5 Å². The molecule has 0 aromatic carbocycles. The molecule has 1 N–H and O–H groups in total. The molecule has 194 valence electrons. The molecule has 2 unspecified atom stereocenters. The summed E-state index contributed by atoms with van der Waals surface area (Å²) in [5.41, 5.74) is 0. The summed E-state index contributed by atoms with van der Waals surface area (Å²) in [7, 11) is -1.64. The Kier molecular flexibility index (Phi) is 15.0. The molecule has 2 saturated heterocycles. The molecule has 2 aliphatic rings. The van der Waals surface area contributed by atoms with E-state index in [0.29, 0.717) is 6.61 Å². The maximum absolute atomic E-state index is 8.55. The van der Waals surface area contributed by atoms with Crippen molar-refractivity contribution in [2.24, 2.45) is 0 Å². The lowest BCUT2D eigenvalue weighted by Gasteiger charge is -2.35. The number of aliphatic hydroxyl groups is 1. The minimum Gasteiger partial charge on any atom is -0.413 e. The average molecular weight is 487 g/mol. The van der Waals surface area contributed by atoms with Gasteiger partial charge in [-0.1, -0.05) is 45.1 Å². The van der Waals surface area contributed by atoms with Gasteiger partial charge in [0.2, 0.25) is 0 Å². The van der Waals surface area contributed by atoms with Crippen LogP contribution in [0.2, 0.25) is 18.1 Å². The summed E-state index contributed by atoms with van der Waals surface area (Å²) in [6, 6.07) is 0. The van der Waals surface area contributed by atoms with Crippen LogP contribution in [0.15, 0.2) is 24.3 Å². The van der Waals surface area contributed by atoms with Gasteiger partial charge in [0.15, 0.2) is 20.9 Å². The van der Waals surface area contributed by atoms with Crippen molar-refractivity contribution in [3.63, 3.8) is 0 Å². The van der Waals surface area contributed by atoms with Crippen molar-refractivity contribution in [1.82, 2.24) is 0 Å². The highest BCUT2D eigenvalue weighted by molar-refractivity contribution is 6.74. The second-order valence-corrected chi connectivity index (χ2v) is 15.2. The molecule has 0 radical (unpaired) electrons. The van der Waals surface area contributed by atoms with Crippen LogP contribution in [0.4, 0.5) is 0 Å². The van der Waals surface area contributed by atoms with Crippen LogP contribution in [0.5, 0.6) is 0 Å². The third-order valence-corrected chi connectivity index (χ3v) is 10.8. The van der Waals surface area contributed by atoms with E-state index in [9.17, 15) is 0 Å². The Hall–Kier alpha value is -0.543. The van der Waals surface area contributed by atoms with Crippen LogP contribution in [0.1, 0.15) is 73.1 Å². The highest BCUT2D eigenvalue weighted by Crippen LogP contribution is 2.36. The monoisotopic (exact) mass is 486 g/mol. The van der Waals surface area contributed by atoms with Crippen molar-refractivity contribution in [2.75, 3.05) is 26.4 Å². The molecule has 0 aromatic heterocycles. The molecule has 0 saturated carbocycles. The van der Waals surface area contributed by atoms with E-state index in [-0.39, 0.29) is 36.4 Å². The van der Waals surface area contributed by atoms with Gasteiger partial charge < -0.3 is 28.5 Å². The first-order valence-electron chi connectivity index (χ1n) is 12.7. The lowest BCUT2D eigenvalue weighted by molar-refractivity contribution is -0.175. The van der Waals surface area contributed by atoms with Crippen molar-refractivity contribution in [2.45, 2.75) is 116 Å². The summed E-state index contributed by atoms with van der Waals surface area (Å²) < 4.78 is 28.5. The van der Waals surface area contributed by atoms with Gasteiger partial charge in [0.1, 0.15) is 0 Å². The van der Waals surface area contributed by atoms with Crippen LogP contribution in [-0.2, 0) is 23.4 Å². The second kappa shape index (κ2) is 16.2. The minimum absolute atomic E-state index is 0.0234. The van der Waals surface area contributed by atoms with Crippen LogP contribution in [0.25, 0.3) is 0 Å². The molecule has 2 rings (SSSR count). The van der Waals surface area contributed by atoms with Gasteiger partial charge in [-0.3, -0.25) is 0 Å². The quantitative estimate of drug-likeness (QED) is 0.303. The van der Waals surface area contributed by atoms with Crippen LogP contribution in [-0.4, -0.2) is 64.6 Å². The molecular formula is C26H50O6Si. The molecule has 4 atom stereocenters. The Morgan fingerprint density at radius 2 is 1.36 bits per heavy atom. The fraction of sp³-hybridized carbons (Fsp3) is 0.846. The van der Waals surface area contributed by atoms with Crippen LogP contribution in [0, 0.1) is 0 Å². The Balaban J connectivity index is 0.000000361. The largest absolute Gasteiger partial charge is 0.413 e. The maximum Gasteiger partial charge on any atom is 0.192 e. The number of rotatable bonds is 10. The molecule has 2 aliphatic heterocycles. The van der Waals surface area contributed by atoms with E-state index in [1.54, 1.807) is 6.08 Å². The van der Waals surface area contributed by atoms with Crippen molar-refractivity contribution >= 4 is 8.32 Å². The molecule has 2 fully saturated rings. The molecule has 7 heteroatoms. The molecule has 6 nitrogen and oxygen atoms in total. The summed E-state index contributed by atoms with van der Waals surface area (Å²) >= 11 is 0. The summed E-state index contributed by atoms with van der Waals surface area (Å²) in [6.07, 6.45) is 14.4. The maximum atomic E-state index is 8.55. The van der Waals surface area contributed by atoms with Crippen LogP contribution in [0.3, 0.4) is 0 Å². The first-order valence-corrected chi connectivity index (χ1v) is 15.6. The number of hydrogen-bond acceptors (Lipinski definition) is 6.